The minimum Gasteiger partial charge on any atom is -0.694 e. The quantitative estimate of drug-likeness (QED) is 0.133. The molecule has 0 fully saturated rings. The molecule has 0 nitrogen and oxygen atoms in total. The summed E-state index contributed by atoms with van der Waals surface area (Å²) < 4.78 is 0. The van der Waals surface area contributed by atoms with Gasteiger partial charge in [0.2, 0.25) is 0 Å². The minimum absolute atomic E-state index is 0. The van der Waals surface area contributed by atoms with Crippen molar-refractivity contribution < 1.29 is 41.3 Å². The van der Waals surface area contributed by atoms with Crippen LogP contribution in [0.2, 0.25) is 0 Å². The van der Waals surface area contributed by atoms with Crippen LogP contribution in [0.25, 0.3) is 0 Å². The molecule has 0 saturated heterocycles. The van der Waals surface area contributed by atoms with Gasteiger partial charge in [-0.05, 0) is 83.1 Å². The topological polar surface area (TPSA) is 0 Å². The van der Waals surface area contributed by atoms with Crippen LogP contribution in [0.5, 0.6) is 0 Å². The molecule has 0 atom stereocenters. The van der Waals surface area contributed by atoms with Gasteiger partial charge in [0.05, 0.1) is 0 Å². The summed E-state index contributed by atoms with van der Waals surface area (Å²) in [6, 6.07) is 39.8. The van der Waals surface area contributed by atoms with Crippen molar-refractivity contribution >= 4 is 0 Å². The average molecular weight is 645 g/mol. The van der Waals surface area contributed by atoms with Crippen LogP contribution in [0.1, 0.15) is 56.9 Å². The second kappa shape index (κ2) is 29.6. The van der Waals surface area contributed by atoms with Gasteiger partial charge in [-0.2, -0.15) is 0 Å². The predicted molar refractivity (Wildman–Crippen MR) is 169 cm³/mol. The molecular weight excluding hydrogens is 609 g/mol. The van der Waals surface area contributed by atoms with Crippen LogP contribution >= 0.6 is 0 Å². The van der Waals surface area contributed by atoms with Crippen molar-refractivity contribution in [2.45, 2.75) is 34.6 Å². The van der Waals surface area contributed by atoms with Crippen molar-refractivity contribution in [2.24, 2.45) is 0 Å². The first-order chi connectivity index (χ1) is 19.1. The number of rotatable bonds is 0. The normalized spacial score (nSPS) is 7.10. The first-order valence-electron chi connectivity index (χ1n) is 12.4. The van der Waals surface area contributed by atoms with Crippen molar-refractivity contribution in [1.29, 1.82) is 0 Å². The summed E-state index contributed by atoms with van der Waals surface area (Å²) >= 11 is 0. The molecule has 1 radical (unpaired) electrons. The summed E-state index contributed by atoms with van der Waals surface area (Å²) in [5.41, 5.74) is 4.33. The molecule has 40 heavy (non-hydrogen) atoms. The molecule has 0 amide bonds. The van der Waals surface area contributed by atoms with Crippen molar-refractivity contribution in [3.05, 3.63) is 150 Å². The van der Waals surface area contributed by atoms with Gasteiger partial charge in [-0.3, -0.25) is 0 Å². The van der Waals surface area contributed by atoms with Crippen LogP contribution in [0.3, 0.4) is 0 Å². The van der Waals surface area contributed by atoms with Gasteiger partial charge in [-0.15, -0.1) is 23.7 Å². The zero-order valence-electron chi connectivity index (χ0n) is 24.1. The van der Waals surface area contributed by atoms with Crippen LogP contribution in [-0.4, -0.2) is 0 Å². The predicted octanol–water partition coefficient (Wildman–Crippen LogP) is 8.83. The number of hydrogen-bond donors (Lipinski definition) is 0. The minimum atomic E-state index is 0. The zero-order chi connectivity index (χ0) is 28.8. The van der Waals surface area contributed by atoms with Crippen LogP contribution < -0.4 is 0 Å². The summed E-state index contributed by atoms with van der Waals surface area (Å²) in [4.78, 5) is 0. The van der Waals surface area contributed by atoms with Gasteiger partial charge in [-0.1, -0.05) is 96.5 Å². The molecule has 0 spiro atoms. The Morgan fingerprint density at radius 3 is 0.625 bits per heavy atom. The maximum Gasteiger partial charge on any atom is 0.0245 e. The Balaban J connectivity index is 0. The van der Waals surface area contributed by atoms with E-state index in [2.05, 4.69) is 47.4 Å². The molecule has 0 unspecified atom stereocenters. The molecule has 195 valence electrons. The molecule has 0 saturated carbocycles. The summed E-state index contributed by atoms with van der Waals surface area (Å²) in [5.74, 6) is 25.2. The molecule has 0 aliphatic carbocycles. The number of benzene rings is 4. The van der Waals surface area contributed by atoms with Crippen molar-refractivity contribution in [1.82, 2.24) is 0 Å². The van der Waals surface area contributed by atoms with E-state index in [1.807, 2.05) is 155 Å². The van der Waals surface area contributed by atoms with Crippen LogP contribution in [0.15, 0.2) is 121 Å². The van der Waals surface area contributed by atoms with E-state index in [1.165, 1.54) is 0 Å². The van der Waals surface area contributed by atoms with E-state index in [1.54, 1.807) is 6.92 Å². The van der Waals surface area contributed by atoms with E-state index >= 15 is 0 Å². The van der Waals surface area contributed by atoms with Gasteiger partial charge in [0, 0.05) is 63.5 Å². The fourth-order valence-electron chi connectivity index (χ4n) is 2.66. The van der Waals surface area contributed by atoms with E-state index in [9.17, 15) is 0 Å². The maximum absolute atomic E-state index is 5.96. The fourth-order valence-corrected chi connectivity index (χ4v) is 2.66. The van der Waals surface area contributed by atoms with Crippen LogP contribution in [-0.2, 0) is 0 Å². The van der Waals surface area contributed by atoms with Crippen LogP contribution in [0.4, 0.5) is 0 Å². The fraction of sp³-hybridized carbons (Fsp3) is 0.128. The van der Waals surface area contributed by atoms with Gasteiger partial charge in [0.15, 0.2) is 0 Å². The van der Waals surface area contributed by atoms with E-state index < -0.39 is 0 Å². The molecule has 0 heterocycles. The van der Waals surface area contributed by atoms with Gasteiger partial charge in [0.1, 0.15) is 0 Å². The van der Waals surface area contributed by atoms with Crippen LogP contribution in [0, 0.1) is 101 Å². The van der Waals surface area contributed by atoms with Gasteiger partial charge >= 0.3 is 0 Å². The molecule has 0 N–H and O–H groups in total. The Labute approximate surface area is 277 Å². The zero-order valence-corrected chi connectivity index (χ0v) is 27.8. The Bertz CT molecular complexity index is 1210. The van der Waals surface area contributed by atoms with Crippen molar-refractivity contribution in [3.63, 3.8) is 0 Å². The maximum atomic E-state index is 5.96. The molecule has 0 aliphatic heterocycles. The summed E-state index contributed by atoms with van der Waals surface area (Å²) in [6.07, 6.45) is 5.96. The molecule has 4 rings (SSSR count). The van der Waals surface area contributed by atoms with Gasteiger partial charge in [0.25, 0.3) is 0 Å². The molecule has 4 aromatic rings. The monoisotopic (exact) mass is 644 g/mol. The first kappa shape index (κ1) is 38.2. The third kappa shape index (κ3) is 23.2. The van der Waals surface area contributed by atoms with Gasteiger partial charge < -0.3 is 12.3 Å². The molecule has 0 bridgehead atoms. The summed E-state index contributed by atoms with van der Waals surface area (Å²) in [5, 5.41) is 0. The largest absolute Gasteiger partial charge is 0.694 e. The Kier molecular flexibility index (Phi) is 28.3. The van der Waals surface area contributed by atoms with Gasteiger partial charge in [-0.25, -0.2) is 0 Å². The number of hydrogen-bond acceptors (Lipinski definition) is 0. The van der Waals surface area contributed by atoms with E-state index in [0.717, 1.165) is 22.3 Å². The smallest absolute Gasteiger partial charge is 0.0245 e. The molecular formula is C39H35Pr-. The molecule has 0 aromatic heterocycles. The first-order valence-corrected chi connectivity index (χ1v) is 12.4. The third-order valence-corrected chi connectivity index (χ3v) is 4.17. The Morgan fingerprint density at radius 1 is 0.350 bits per heavy atom. The van der Waals surface area contributed by atoms with Crippen molar-refractivity contribution in [3.8, 4) is 53.3 Å². The average Bonchev–Trinajstić information content (AvgIpc) is 2.98. The second-order valence-electron chi connectivity index (χ2n) is 7.21. The molecule has 4 aromatic carbocycles. The van der Waals surface area contributed by atoms with Crippen molar-refractivity contribution in [2.75, 3.05) is 0 Å². The SMILES string of the molecule is CC#Cc1ccccc1.CC#Cc1ccccc1.CC#Cc1ccccc1.CC#Cc1ccccc1.[C-]#CC.[Pr]. The molecule has 0 aliphatic rings. The third-order valence-electron chi connectivity index (χ3n) is 4.17. The van der Waals surface area contributed by atoms with E-state index in [0.29, 0.717) is 0 Å². The van der Waals surface area contributed by atoms with E-state index in [-0.39, 0.29) is 41.3 Å². The summed E-state index contributed by atoms with van der Waals surface area (Å²) in [7, 11) is 0. The van der Waals surface area contributed by atoms with E-state index in [4.69, 9.17) is 6.42 Å². The standard InChI is InChI=1S/4C9H8.C3H3.Pr/c4*1-2-6-9-7-4-3-5-8-9;1-3-2;/h4*3-5,7-8H,1H3;1H3;/q;;;;-1;. The second-order valence-corrected chi connectivity index (χ2v) is 7.21. The summed E-state index contributed by atoms with van der Waals surface area (Å²) in [6.45, 7) is 8.90. The molecule has 1 heteroatoms. The Hall–Kier alpha value is -3.96. The Morgan fingerprint density at radius 2 is 0.500 bits per heavy atom.